The maximum absolute atomic E-state index is 6.30. The second-order valence-electron chi connectivity index (χ2n) is 4.31. The maximum atomic E-state index is 6.30. The number of hydrogen-bond donors (Lipinski definition) is 1. The zero-order valence-corrected chi connectivity index (χ0v) is 9.82. The molecule has 15 heavy (non-hydrogen) atoms. The average molecular weight is 224 g/mol. The predicted molar refractivity (Wildman–Crippen MR) is 65.5 cm³/mol. The molecule has 0 unspecified atom stereocenters. The van der Waals surface area contributed by atoms with Crippen LogP contribution < -0.4 is 5.73 Å². The molecule has 2 rings (SSSR count). The number of halogens is 1. The van der Waals surface area contributed by atoms with Crippen LogP contribution in [0.5, 0.6) is 0 Å². The summed E-state index contributed by atoms with van der Waals surface area (Å²) in [6.07, 6.45) is 7.06. The normalized spacial score (nSPS) is 15.1. The maximum Gasteiger partial charge on any atom is 0.0443 e. The minimum absolute atomic E-state index is 0.759. The van der Waals surface area contributed by atoms with Gasteiger partial charge in [0.05, 0.1) is 0 Å². The van der Waals surface area contributed by atoms with Crippen LogP contribution in [-0.4, -0.2) is 6.54 Å². The highest BCUT2D eigenvalue weighted by Crippen LogP contribution is 2.29. The lowest BCUT2D eigenvalue weighted by atomic mass is 9.89. The summed E-state index contributed by atoms with van der Waals surface area (Å²) < 4.78 is 0. The largest absolute Gasteiger partial charge is 0.330 e. The molecule has 0 atom stereocenters. The van der Waals surface area contributed by atoms with E-state index in [2.05, 4.69) is 12.1 Å². The Morgan fingerprint density at radius 3 is 2.80 bits per heavy atom. The smallest absolute Gasteiger partial charge is 0.0443 e. The first-order chi connectivity index (χ1) is 7.31. The molecule has 0 saturated heterocycles. The van der Waals surface area contributed by atoms with E-state index in [1.54, 1.807) is 0 Å². The molecule has 0 spiro atoms. The van der Waals surface area contributed by atoms with Crippen molar-refractivity contribution in [3.63, 3.8) is 0 Å². The topological polar surface area (TPSA) is 26.0 Å². The summed E-state index contributed by atoms with van der Waals surface area (Å²) in [6.45, 7) is 0.759. The zero-order valence-electron chi connectivity index (χ0n) is 9.06. The van der Waals surface area contributed by atoms with Gasteiger partial charge in [0.25, 0.3) is 0 Å². The summed E-state index contributed by atoms with van der Waals surface area (Å²) in [7, 11) is 0. The van der Waals surface area contributed by atoms with Gasteiger partial charge in [-0.25, -0.2) is 0 Å². The van der Waals surface area contributed by atoms with Crippen LogP contribution in [0.3, 0.4) is 0 Å². The Hall–Kier alpha value is -0.530. The Morgan fingerprint density at radius 2 is 2.00 bits per heavy atom. The van der Waals surface area contributed by atoms with Gasteiger partial charge in [0.15, 0.2) is 0 Å². The number of nitrogens with two attached hydrogens (primary N) is 1. The van der Waals surface area contributed by atoms with Crippen LogP contribution in [0.15, 0.2) is 12.1 Å². The van der Waals surface area contributed by atoms with E-state index in [0.717, 1.165) is 30.8 Å². The van der Waals surface area contributed by atoms with Crippen molar-refractivity contribution >= 4 is 11.6 Å². The molecule has 1 aromatic rings. The lowest BCUT2D eigenvalue weighted by molar-refractivity contribution is 0.683. The Morgan fingerprint density at radius 1 is 1.20 bits per heavy atom. The van der Waals surface area contributed by atoms with Gasteiger partial charge in [-0.2, -0.15) is 0 Å². The molecule has 1 aliphatic carbocycles. The Bertz CT molecular complexity index is 347. The molecule has 82 valence electrons. The predicted octanol–water partition coefficient (Wildman–Crippen LogP) is 3.11. The van der Waals surface area contributed by atoms with Crippen molar-refractivity contribution in [3.05, 3.63) is 33.8 Å². The van der Waals surface area contributed by atoms with E-state index in [0.29, 0.717) is 0 Å². The monoisotopic (exact) mass is 223 g/mol. The molecule has 0 heterocycles. The van der Waals surface area contributed by atoms with Crippen LogP contribution in [0.2, 0.25) is 5.02 Å². The molecule has 0 aromatic heterocycles. The second-order valence-corrected chi connectivity index (χ2v) is 4.72. The van der Waals surface area contributed by atoms with Gasteiger partial charge in [-0.15, -0.1) is 0 Å². The Balaban J connectivity index is 2.24. The van der Waals surface area contributed by atoms with Crippen LogP contribution in [0, 0.1) is 0 Å². The molecule has 2 N–H and O–H groups in total. The zero-order chi connectivity index (χ0) is 10.7. The fourth-order valence-corrected chi connectivity index (χ4v) is 2.68. The van der Waals surface area contributed by atoms with Gasteiger partial charge < -0.3 is 5.73 Å². The van der Waals surface area contributed by atoms with Crippen molar-refractivity contribution in [2.45, 2.75) is 38.5 Å². The molecule has 1 nitrogen and oxygen atoms in total. The first kappa shape index (κ1) is 11.0. The molecule has 1 aromatic carbocycles. The van der Waals surface area contributed by atoms with E-state index >= 15 is 0 Å². The molecular formula is C13H18ClN. The standard InChI is InChI=1S/C13H18ClN/c14-13-9-10(4-3-7-15)8-11-5-1-2-6-12(11)13/h8-9H,1-7,15H2. The minimum atomic E-state index is 0.759. The van der Waals surface area contributed by atoms with Crippen molar-refractivity contribution < 1.29 is 0 Å². The van der Waals surface area contributed by atoms with E-state index in [-0.39, 0.29) is 0 Å². The molecular weight excluding hydrogens is 206 g/mol. The highest BCUT2D eigenvalue weighted by atomic mass is 35.5. The lowest BCUT2D eigenvalue weighted by Crippen LogP contribution is -2.06. The van der Waals surface area contributed by atoms with Crippen molar-refractivity contribution in [1.82, 2.24) is 0 Å². The van der Waals surface area contributed by atoms with Crippen LogP contribution in [-0.2, 0) is 19.3 Å². The summed E-state index contributed by atoms with van der Waals surface area (Å²) in [5.41, 5.74) is 9.73. The first-order valence-corrected chi connectivity index (χ1v) is 6.19. The number of hydrogen-bond acceptors (Lipinski definition) is 1. The van der Waals surface area contributed by atoms with E-state index < -0.39 is 0 Å². The number of rotatable bonds is 3. The van der Waals surface area contributed by atoms with Gasteiger partial charge in [-0.3, -0.25) is 0 Å². The molecule has 2 heteroatoms. The van der Waals surface area contributed by atoms with Gasteiger partial charge in [0.1, 0.15) is 0 Å². The number of benzene rings is 1. The third-order valence-electron chi connectivity index (χ3n) is 3.14. The SMILES string of the molecule is NCCCc1cc(Cl)c2c(c1)CCCC2. The van der Waals surface area contributed by atoms with Gasteiger partial charge in [-0.05, 0) is 67.8 Å². The lowest BCUT2D eigenvalue weighted by Gasteiger charge is -2.18. The van der Waals surface area contributed by atoms with Crippen LogP contribution >= 0.6 is 11.6 Å². The second kappa shape index (κ2) is 5.00. The minimum Gasteiger partial charge on any atom is -0.330 e. The molecule has 0 aliphatic heterocycles. The molecule has 0 radical (unpaired) electrons. The van der Waals surface area contributed by atoms with Gasteiger partial charge >= 0.3 is 0 Å². The molecule has 1 aliphatic rings. The third-order valence-corrected chi connectivity index (χ3v) is 3.48. The summed E-state index contributed by atoms with van der Waals surface area (Å²) in [5.74, 6) is 0. The first-order valence-electron chi connectivity index (χ1n) is 5.81. The fourth-order valence-electron chi connectivity index (χ4n) is 2.33. The van der Waals surface area contributed by atoms with Gasteiger partial charge in [0, 0.05) is 5.02 Å². The summed E-state index contributed by atoms with van der Waals surface area (Å²) >= 11 is 6.30. The number of fused-ring (bicyclic) bond motifs is 1. The van der Waals surface area contributed by atoms with Crippen LogP contribution in [0.25, 0.3) is 0 Å². The van der Waals surface area contributed by atoms with E-state index in [4.69, 9.17) is 17.3 Å². The molecule has 0 bridgehead atoms. The van der Waals surface area contributed by atoms with Crippen LogP contribution in [0.4, 0.5) is 0 Å². The van der Waals surface area contributed by atoms with Crippen molar-refractivity contribution in [2.24, 2.45) is 5.73 Å². The van der Waals surface area contributed by atoms with Crippen molar-refractivity contribution in [3.8, 4) is 0 Å². The quantitative estimate of drug-likeness (QED) is 0.838. The average Bonchev–Trinajstić information content (AvgIpc) is 2.26. The molecule has 0 saturated carbocycles. The summed E-state index contributed by atoms with van der Waals surface area (Å²) in [4.78, 5) is 0. The van der Waals surface area contributed by atoms with Gasteiger partial charge in [0.2, 0.25) is 0 Å². The van der Waals surface area contributed by atoms with Crippen molar-refractivity contribution in [2.75, 3.05) is 6.54 Å². The van der Waals surface area contributed by atoms with Crippen LogP contribution in [0.1, 0.15) is 36.0 Å². The Kier molecular flexibility index (Phi) is 3.66. The highest BCUT2D eigenvalue weighted by Gasteiger charge is 2.13. The third kappa shape index (κ3) is 2.53. The van der Waals surface area contributed by atoms with E-state index in [1.807, 2.05) is 0 Å². The molecule has 0 amide bonds. The number of aryl methyl sites for hydroxylation is 2. The Labute approximate surface area is 96.6 Å². The fraction of sp³-hybridized carbons (Fsp3) is 0.538. The van der Waals surface area contributed by atoms with E-state index in [9.17, 15) is 0 Å². The van der Waals surface area contributed by atoms with Gasteiger partial charge in [-0.1, -0.05) is 17.7 Å². The summed E-state index contributed by atoms with van der Waals surface area (Å²) in [6, 6.07) is 4.46. The molecule has 0 fully saturated rings. The summed E-state index contributed by atoms with van der Waals surface area (Å²) in [5, 5.41) is 0.972. The highest BCUT2D eigenvalue weighted by molar-refractivity contribution is 6.31. The van der Waals surface area contributed by atoms with Crippen molar-refractivity contribution in [1.29, 1.82) is 0 Å². The van der Waals surface area contributed by atoms with E-state index in [1.165, 1.54) is 36.0 Å².